The van der Waals surface area contributed by atoms with Gasteiger partial charge in [-0.1, -0.05) is 6.92 Å². The first-order valence-electron chi connectivity index (χ1n) is 7.05. The standard InChI is InChI=1S/C13H20N4O4/c1-9-4-3-5-15(12(9)13(18)19)6-7-16-10(2)14-8-11(16)17(20)21/h8-9,12H,3-7H2,1-2H3,(H,18,19). The van der Waals surface area contributed by atoms with E-state index >= 15 is 0 Å². The number of rotatable bonds is 5. The van der Waals surface area contributed by atoms with Gasteiger partial charge in [-0.3, -0.25) is 9.69 Å². The van der Waals surface area contributed by atoms with Crippen LogP contribution in [0.3, 0.4) is 0 Å². The molecule has 8 nitrogen and oxygen atoms in total. The highest BCUT2D eigenvalue weighted by Gasteiger charge is 2.34. The lowest BCUT2D eigenvalue weighted by Crippen LogP contribution is -2.50. The lowest BCUT2D eigenvalue weighted by Gasteiger charge is -2.36. The fourth-order valence-electron chi connectivity index (χ4n) is 3.03. The Morgan fingerprint density at radius 3 is 2.90 bits per heavy atom. The molecule has 1 N–H and O–H groups in total. The maximum Gasteiger partial charge on any atom is 0.342 e. The van der Waals surface area contributed by atoms with Crippen LogP contribution in [0.5, 0.6) is 0 Å². The van der Waals surface area contributed by atoms with Crippen molar-refractivity contribution in [3.8, 4) is 0 Å². The Balaban J connectivity index is 2.10. The Labute approximate surface area is 122 Å². The number of carbonyl (C=O) groups is 1. The molecule has 0 amide bonds. The number of piperidine rings is 1. The van der Waals surface area contributed by atoms with Crippen LogP contribution in [0.4, 0.5) is 5.82 Å². The van der Waals surface area contributed by atoms with Crippen LogP contribution in [0.1, 0.15) is 25.6 Å². The van der Waals surface area contributed by atoms with Gasteiger partial charge in [-0.2, -0.15) is 0 Å². The second kappa shape index (κ2) is 6.21. The van der Waals surface area contributed by atoms with Gasteiger partial charge in [-0.25, -0.2) is 9.55 Å². The Kier molecular flexibility index (Phi) is 4.56. The number of nitrogens with zero attached hydrogens (tertiary/aromatic N) is 4. The van der Waals surface area contributed by atoms with Crippen LogP contribution < -0.4 is 0 Å². The van der Waals surface area contributed by atoms with E-state index in [9.17, 15) is 20.0 Å². The highest BCUT2D eigenvalue weighted by molar-refractivity contribution is 5.74. The number of carboxylic acids is 1. The van der Waals surface area contributed by atoms with Gasteiger partial charge < -0.3 is 15.2 Å². The summed E-state index contributed by atoms with van der Waals surface area (Å²) in [5.41, 5.74) is 0. The van der Waals surface area contributed by atoms with Crippen molar-refractivity contribution in [2.45, 2.75) is 39.3 Å². The van der Waals surface area contributed by atoms with Crippen LogP contribution >= 0.6 is 0 Å². The summed E-state index contributed by atoms with van der Waals surface area (Å²) in [5.74, 6) is -0.211. The van der Waals surface area contributed by atoms with E-state index in [1.165, 1.54) is 10.8 Å². The molecule has 0 saturated carbocycles. The summed E-state index contributed by atoms with van der Waals surface area (Å²) in [6.07, 6.45) is 3.09. The monoisotopic (exact) mass is 296 g/mol. The third-order valence-corrected chi connectivity index (χ3v) is 4.12. The number of aromatic nitrogens is 2. The summed E-state index contributed by atoms with van der Waals surface area (Å²) in [4.78, 5) is 27.8. The molecule has 8 heteroatoms. The average Bonchev–Trinajstić information content (AvgIpc) is 2.77. The van der Waals surface area contributed by atoms with E-state index in [-0.39, 0.29) is 11.7 Å². The Morgan fingerprint density at radius 1 is 1.57 bits per heavy atom. The smallest absolute Gasteiger partial charge is 0.342 e. The highest BCUT2D eigenvalue weighted by Crippen LogP contribution is 2.24. The number of hydrogen-bond acceptors (Lipinski definition) is 5. The minimum absolute atomic E-state index is 0.0515. The minimum Gasteiger partial charge on any atom is -0.480 e. The van der Waals surface area contributed by atoms with Gasteiger partial charge >= 0.3 is 11.8 Å². The third kappa shape index (κ3) is 3.21. The van der Waals surface area contributed by atoms with Gasteiger partial charge in [0.15, 0.2) is 5.82 Å². The molecule has 1 aliphatic heterocycles. The fourth-order valence-corrected chi connectivity index (χ4v) is 3.03. The summed E-state index contributed by atoms with van der Waals surface area (Å²) in [6.45, 7) is 5.21. The van der Waals surface area contributed by atoms with E-state index in [0.717, 1.165) is 12.8 Å². The largest absolute Gasteiger partial charge is 0.480 e. The first-order valence-corrected chi connectivity index (χ1v) is 7.05. The summed E-state index contributed by atoms with van der Waals surface area (Å²) < 4.78 is 1.53. The molecule has 1 fully saturated rings. The second-order valence-corrected chi connectivity index (χ2v) is 5.51. The quantitative estimate of drug-likeness (QED) is 0.649. The molecule has 2 rings (SSSR count). The van der Waals surface area contributed by atoms with Gasteiger partial charge in [0, 0.05) is 13.5 Å². The van der Waals surface area contributed by atoms with E-state index < -0.39 is 16.9 Å². The predicted molar refractivity (Wildman–Crippen MR) is 75.0 cm³/mol. The maximum atomic E-state index is 11.4. The number of imidazole rings is 1. The van der Waals surface area contributed by atoms with Crippen LogP contribution in [0, 0.1) is 23.0 Å². The molecule has 0 aromatic carbocycles. The molecule has 2 heterocycles. The number of carboxylic acid groups (broad SMARTS) is 1. The van der Waals surface area contributed by atoms with Gasteiger partial charge in [-0.15, -0.1) is 0 Å². The van der Waals surface area contributed by atoms with Crippen LogP contribution in [-0.2, 0) is 11.3 Å². The zero-order valence-corrected chi connectivity index (χ0v) is 12.2. The van der Waals surface area contributed by atoms with E-state index in [1.807, 2.05) is 11.8 Å². The molecule has 0 spiro atoms. The summed E-state index contributed by atoms with van der Waals surface area (Å²) in [6, 6.07) is -0.512. The molecular weight excluding hydrogens is 276 g/mol. The summed E-state index contributed by atoms with van der Waals surface area (Å²) >= 11 is 0. The number of aryl methyl sites for hydroxylation is 1. The Morgan fingerprint density at radius 2 is 2.29 bits per heavy atom. The van der Waals surface area contributed by atoms with Crippen molar-refractivity contribution in [2.75, 3.05) is 13.1 Å². The van der Waals surface area contributed by atoms with Gasteiger partial charge in [0.1, 0.15) is 18.8 Å². The Hall–Kier alpha value is -1.96. The van der Waals surface area contributed by atoms with Crippen LogP contribution in [-0.4, -0.2) is 49.6 Å². The fraction of sp³-hybridized carbons (Fsp3) is 0.692. The molecule has 0 bridgehead atoms. The first-order chi connectivity index (χ1) is 9.91. The Bertz CT molecular complexity index is 542. The molecule has 0 radical (unpaired) electrons. The predicted octanol–water partition coefficient (Wildman–Crippen LogP) is 1.28. The zero-order chi connectivity index (χ0) is 15.6. The van der Waals surface area contributed by atoms with Crippen molar-refractivity contribution >= 4 is 11.8 Å². The molecule has 1 aromatic rings. The normalized spacial score (nSPS) is 23.1. The van der Waals surface area contributed by atoms with E-state index in [1.54, 1.807) is 6.92 Å². The molecule has 21 heavy (non-hydrogen) atoms. The second-order valence-electron chi connectivity index (χ2n) is 5.51. The van der Waals surface area contributed by atoms with Crippen molar-refractivity contribution < 1.29 is 14.8 Å². The SMILES string of the molecule is Cc1ncc([N+](=O)[O-])n1CCN1CCCC(C)C1C(=O)O. The first kappa shape index (κ1) is 15.4. The average molecular weight is 296 g/mol. The van der Waals surface area contributed by atoms with Crippen LogP contribution in [0.15, 0.2) is 6.20 Å². The van der Waals surface area contributed by atoms with E-state index in [4.69, 9.17) is 0 Å². The number of likely N-dealkylation sites (tertiary alicyclic amines) is 1. The van der Waals surface area contributed by atoms with Gasteiger partial charge in [0.2, 0.25) is 0 Å². The third-order valence-electron chi connectivity index (χ3n) is 4.12. The number of aliphatic carboxylic acids is 1. The highest BCUT2D eigenvalue weighted by atomic mass is 16.6. The van der Waals surface area contributed by atoms with Crippen molar-refractivity contribution in [1.29, 1.82) is 0 Å². The van der Waals surface area contributed by atoms with E-state index in [2.05, 4.69) is 4.98 Å². The van der Waals surface area contributed by atoms with Crippen molar-refractivity contribution in [1.82, 2.24) is 14.5 Å². The summed E-state index contributed by atoms with van der Waals surface area (Å²) in [5, 5.41) is 20.3. The molecule has 116 valence electrons. The molecule has 1 saturated heterocycles. The van der Waals surface area contributed by atoms with Gasteiger partial charge in [-0.05, 0) is 30.2 Å². The molecular formula is C13H20N4O4. The lowest BCUT2D eigenvalue weighted by molar-refractivity contribution is -0.392. The number of nitro groups is 1. The van der Waals surface area contributed by atoms with Crippen LogP contribution in [0.25, 0.3) is 0 Å². The topological polar surface area (TPSA) is 102 Å². The zero-order valence-electron chi connectivity index (χ0n) is 12.2. The lowest BCUT2D eigenvalue weighted by atomic mass is 9.91. The molecule has 0 aliphatic carbocycles. The molecule has 2 unspecified atom stereocenters. The molecule has 1 aliphatic rings. The minimum atomic E-state index is -0.820. The van der Waals surface area contributed by atoms with Crippen LogP contribution in [0.2, 0.25) is 0 Å². The van der Waals surface area contributed by atoms with Crippen molar-refractivity contribution in [3.63, 3.8) is 0 Å². The van der Waals surface area contributed by atoms with Gasteiger partial charge in [0.05, 0.1) is 0 Å². The number of hydrogen-bond donors (Lipinski definition) is 1. The van der Waals surface area contributed by atoms with Crippen molar-refractivity contribution in [2.24, 2.45) is 5.92 Å². The molecule has 1 aromatic heterocycles. The van der Waals surface area contributed by atoms with Crippen molar-refractivity contribution in [3.05, 3.63) is 22.1 Å². The van der Waals surface area contributed by atoms with Gasteiger partial charge in [0.25, 0.3) is 0 Å². The maximum absolute atomic E-state index is 11.4. The van der Waals surface area contributed by atoms with E-state index in [0.29, 0.717) is 25.5 Å². The summed E-state index contributed by atoms with van der Waals surface area (Å²) in [7, 11) is 0. The molecule has 2 atom stereocenters.